The summed E-state index contributed by atoms with van der Waals surface area (Å²) in [5.74, 6) is -1.06. The smallest absolute Gasteiger partial charge is 0.330 e. The number of nitrogens with zero attached hydrogens (tertiary/aromatic N) is 1. The summed E-state index contributed by atoms with van der Waals surface area (Å²) < 4.78 is 42.7. The second-order valence-electron chi connectivity index (χ2n) is 15.5. The van der Waals surface area contributed by atoms with Crippen molar-refractivity contribution in [3.8, 4) is 0 Å². The first-order valence-corrected chi connectivity index (χ1v) is 22.6. The first-order valence-electron chi connectivity index (χ1n) is 13.9. The Morgan fingerprint density at radius 2 is 1.26 bits per heavy atom. The molecule has 39 heavy (non-hydrogen) atoms. The highest BCUT2D eigenvalue weighted by molar-refractivity contribution is 6.75. The van der Waals surface area contributed by atoms with Crippen LogP contribution in [0.2, 0.25) is 54.4 Å². The number of nitrogens with one attached hydrogen (secondary N) is 1. The van der Waals surface area contributed by atoms with Crippen molar-refractivity contribution in [2.75, 3.05) is 6.61 Å². The first kappa shape index (κ1) is 34.3. The van der Waals surface area contributed by atoms with Gasteiger partial charge in [0.15, 0.2) is 31.2 Å². The van der Waals surface area contributed by atoms with E-state index in [4.69, 9.17) is 18.0 Å². The van der Waals surface area contributed by atoms with Crippen molar-refractivity contribution in [1.29, 1.82) is 0 Å². The summed E-state index contributed by atoms with van der Waals surface area (Å²) in [5.41, 5.74) is -1.82. The van der Waals surface area contributed by atoms with Gasteiger partial charge in [0, 0.05) is 0 Å². The fourth-order valence-corrected chi connectivity index (χ4v) is 7.14. The van der Waals surface area contributed by atoms with E-state index in [2.05, 4.69) is 107 Å². The average molecular weight is 605 g/mol. The normalized spacial score (nSPS) is 23.9. The Morgan fingerprint density at radius 3 is 1.69 bits per heavy atom. The summed E-state index contributed by atoms with van der Waals surface area (Å²) in [4.78, 5) is 26.9. The Bertz CT molecular complexity index is 1130. The van der Waals surface area contributed by atoms with Gasteiger partial charge in [0.05, 0.1) is 12.8 Å². The molecule has 0 radical (unpaired) electrons. The fourth-order valence-electron chi connectivity index (χ4n) is 3.52. The second kappa shape index (κ2) is 11.1. The Balaban J connectivity index is 2.70. The monoisotopic (exact) mass is 604 g/mol. The number of hydrogen-bond acceptors (Lipinski definition) is 6. The third-order valence-electron chi connectivity index (χ3n) is 9.37. The molecule has 1 aromatic heterocycles. The van der Waals surface area contributed by atoms with Gasteiger partial charge in [-0.3, -0.25) is 14.3 Å². The quantitative estimate of drug-likeness (QED) is 0.347. The van der Waals surface area contributed by atoms with Crippen molar-refractivity contribution in [3.63, 3.8) is 0 Å². The van der Waals surface area contributed by atoms with E-state index in [-0.39, 0.29) is 21.7 Å². The molecule has 1 N–H and O–H groups in total. The molecule has 12 heteroatoms. The number of rotatable bonds is 8. The molecule has 0 amide bonds. The van der Waals surface area contributed by atoms with Crippen LogP contribution < -0.4 is 11.2 Å². The predicted octanol–water partition coefficient (Wildman–Crippen LogP) is 6.38. The maximum Gasteiger partial charge on any atom is 0.330 e. The van der Waals surface area contributed by atoms with Crippen LogP contribution in [0.4, 0.5) is 4.39 Å². The molecule has 0 spiro atoms. The van der Waals surface area contributed by atoms with Crippen LogP contribution in [-0.2, 0) is 18.0 Å². The number of halogens is 1. The lowest BCUT2D eigenvalue weighted by atomic mass is 10.1. The van der Waals surface area contributed by atoms with Gasteiger partial charge in [-0.25, -0.2) is 4.79 Å². The summed E-state index contributed by atoms with van der Waals surface area (Å²) in [6.07, 6.45) is -1.92. The van der Waals surface area contributed by atoms with Crippen LogP contribution in [0.25, 0.3) is 0 Å². The highest BCUT2D eigenvalue weighted by Gasteiger charge is 2.55. The summed E-state index contributed by atoms with van der Waals surface area (Å²) in [6.45, 7) is 32.6. The minimum Gasteiger partial charge on any atom is -0.414 e. The largest absolute Gasteiger partial charge is 0.414 e. The molecule has 1 aromatic rings. The lowest BCUT2D eigenvalue weighted by Crippen LogP contribution is -2.55. The SMILES string of the molecule is CC(C)(C)[Si](C)(C)OC[C@H]1O[C@@H](n2cc(F)c(=O)[nH]c2=O)[C@H](O[Si](C)(C)C(C)(C)C)[C@@H]1O[Si](C)(C)C(C)(C)C. The van der Waals surface area contributed by atoms with E-state index in [1.54, 1.807) is 0 Å². The van der Waals surface area contributed by atoms with E-state index in [0.29, 0.717) is 0 Å². The molecule has 2 rings (SSSR count). The minimum atomic E-state index is -2.43. The highest BCUT2D eigenvalue weighted by atomic mass is 28.4. The molecule has 0 saturated carbocycles. The number of H-pyrrole nitrogens is 1. The molecule has 0 aliphatic carbocycles. The van der Waals surface area contributed by atoms with E-state index in [0.717, 1.165) is 10.8 Å². The van der Waals surface area contributed by atoms with E-state index in [1.165, 1.54) is 0 Å². The van der Waals surface area contributed by atoms with E-state index in [1.807, 2.05) is 0 Å². The predicted molar refractivity (Wildman–Crippen MR) is 162 cm³/mol. The molecule has 226 valence electrons. The average Bonchev–Trinajstić information content (AvgIpc) is 3.02. The lowest BCUT2D eigenvalue weighted by molar-refractivity contribution is -0.0514. The number of aromatic amines is 1. The molecule has 8 nitrogen and oxygen atoms in total. The van der Waals surface area contributed by atoms with Crippen LogP contribution in [0.3, 0.4) is 0 Å². The first-order chi connectivity index (χ1) is 17.2. The number of aromatic nitrogens is 2. The topological polar surface area (TPSA) is 91.8 Å². The summed E-state index contributed by atoms with van der Waals surface area (Å²) in [7, 11) is -6.94. The van der Waals surface area contributed by atoms with Crippen LogP contribution in [-0.4, -0.2) is 59.4 Å². The van der Waals surface area contributed by atoms with Crippen LogP contribution in [0.15, 0.2) is 15.8 Å². The summed E-state index contributed by atoms with van der Waals surface area (Å²) in [6, 6.07) is 0. The fraction of sp³-hybridized carbons (Fsp3) is 0.852. The molecule has 1 saturated heterocycles. The standard InChI is InChI=1S/C27H53FN2O6Si3/c1-25(2,3)37(10,11)33-17-19-20(35-38(12,13)26(4,5)6)21(36-39(14,15)27(7,8)9)23(34-19)30-16-18(28)22(31)29-24(30)32/h16,19-21,23H,17H2,1-15H3,(H,29,31,32)/t19-,20-,21-,23-/m1/s1. The highest BCUT2D eigenvalue weighted by Crippen LogP contribution is 2.46. The maximum atomic E-state index is 14.5. The van der Waals surface area contributed by atoms with Gasteiger partial charge in [0.1, 0.15) is 18.3 Å². The molecule has 1 aliphatic heterocycles. The van der Waals surface area contributed by atoms with E-state index < -0.39 is 66.6 Å². The van der Waals surface area contributed by atoms with Crippen molar-refractivity contribution in [1.82, 2.24) is 9.55 Å². The zero-order chi connectivity index (χ0) is 30.6. The van der Waals surface area contributed by atoms with Gasteiger partial charge in [0.25, 0.3) is 5.56 Å². The third kappa shape index (κ3) is 7.49. The molecule has 2 heterocycles. The molecular weight excluding hydrogens is 552 g/mol. The zero-order valence-electron chi connectivity index (χ0n) is 26.9. The molecule has 0 unspecified atom stereocenters. The lowest BCUT2D eigenvalue weighted by Gasteiger charge is -2.44. The van der Waals surface area contributed by atoms with Crippen molar-refractivity contribution >= 4 is 25.0 Å². The van der Waals surface area contributed by atoms with E-state index in [9.17, 15) is 14.0 Å². The Morgan fingerprint density at radius 1 is 0.821 bits per heavy atom. The van der Waals surface area contributed by atoms with Gasteiger partial charge in [-0.1, -0.05) is 62.3 Å². The maximum absolute atomic E-state index is 14.5. The third-order valence-corrected chi connectivity index (χ3v) is 22.8. The Labute approximate surface area is 237 Å². The molecule has 1 fully saturated rings. The number of ether oxygens (including phenoxy) is 1. The van der Waals surface area contributed by atoms with E-state index >= 15 is 0 Å². The van der Waals surface area contributed by atoms with Crippen LogP contribution in [0, 0.1) is 5.82 Å². The van der Waals surface area contributed by atoms with Gasteiger partial charge in [-0.05, 0) is 54.4 Å². The summed E-state index contributed by atoms with van der Waals surface area (Å²) >= 11 is 0. The van der Waals surface area contributed by atoms with Gasteiger partial charge in [0.2, 0.25) is 5.82 Å². The van der Waals surface area contributed by atoms with Gasteiger partial charge >= 0.3 is 5.69 Å². The van der Waals surface area contributed by atoms with Crippen molar-refractivity contribution < 1.29 is 22.4 Å². The van der Waals surface area contributed by atoms with Gasteiger partial charge < -0.3 is 18.0 Å². The molecule has 0 aromatic carbocycles. The Kier molecular flexibility index (Phi) is 9.73. The van der Waals surface area contributed by atoms with Crippen LogP contribution in [0.5, 0.6) is 0 Å². The van der Waals surface area contributed by atoms with Gasteiger partial charge in [-0.2, -0.15) is 4.39 Å². The van der Waals surface area contributed by atoms with Crippen molar-refractivity contribution in [3.05, 3.63) is 32.9 Å². The second-order valence-corrected chi connectivity index (χ2v) is 29.8. The van der Waals surface area contributed by atoms with Crippen LogP contribution in [0.1, 0.15) is 68.5 Å². The minimum absolute atomic E-state index is 0.0170. The molecule has 1 aliphatic rings. The van der Waals surface area contributed by atoms with Crippen molar-refractivity contribution in [2.24, 2.45) is 0 Å². The zero-order valence-corrected chi connectivity index (χ0v) is 29.9. The molecular formula is C27H53FN2O6Si3. The van der Waals surface area contributed by atoms with Crippen molar-refractivity contribution in [2.45, 2.75) is 141 Å². The van der Waals surface area contributed by atoms with Crippen LogP contribution >= 0.6 is 0 Å². The number of hydrogen-bond donors (Lipinski definition) is 1. The summed E-state index contributed by atoms with van der Waals surface area (Å²) in [5, 5.41) is -0.259. The molecule has 4 atom stereocenters. The Hall–Kier alpha value is -0.899. The van der Waals surface area contributed by atoms with Gasteiger partial charge in [-0.15, -0.1) is 0 Å². The molecule has 0 bridgehead atoms.